The minimum absolute atomic E-state index is 0.171. The van der Waals surface area contributed by atoms with Crippen molar-refractivity contribution in [2.75, 3.05) is 14.1 Å². The maximum Gasteiger partial charge on any atom is 0.287 e. The van der Waals surface area contributed by atoms with Gasteiger partial charge in [-0.05, 0) is 18.6 Å². The highest BCUT2D eigenvalue weighted by molar-refractivity contribution is 5.98. The topological polar surface area (TPSA) is 46.7 Å². The third-order valence-corrected chi connectivity index (χ3v) is 4.15. The summed E-state index contributed by atoms with van der Waals surface area (Å²) in [6.07, 6.45) is 0. The van der Waals surface area contributed by atoms with E-state index >= 15 is 0 Å². The van der Waals surface area contributed by atoms with Gasteiger partial charge in [0.2, 0.25) is 0 Å². The van der Waals surface area contributed by atoms with Crippen molar-refractivity contribution >= 4 is 16.9 Å². The highest BCUT2D eigenvalue weighted by atomic mass is 16.3. The fraction of sp³-hybridized carbons (Fsp3) is 0.250. The number of hydrogen-bond acceptors (Lipinski definition) is 2. The highest BCUT2D eigenvalue weighted by Crippen LogP contribution is 2.24. The molecular weight excluding hydrogens is 300 g/mol. The van der Waals surface area contributed by atoms with Crippen LogP contribution < -0.4 is 10.2 Å². The summed E-state index contributed by atoms with van der Waals surface area (Å²) >= 11 is 0. The minimum atomic E-state index is -0.171. The van der Waals surface area contributed by atoms with Crippen molar-refractivity contribution in [2.45, 2.75) is 20.0 Å². The largest absolute Gasteiger partial charge is 0.451 e. The summed E-state index contributed by atoms with van der Waals surface area (Å²) < 4.78 is 5.73. The molecule has 3 aromatic rings. The lowest BCUT2D eigenvalue weighted by molar-refractivity contribution is -0.872. The van der Waals surface area contributed by atoms with Crippen LogP contribution in [0.1, 0.15) is 27.2 Å². The molecule has 0 saturated carbocycles. The van der Waals surface area contributed by atoms with Gasteiger partial charge < -0.3 is 14.6 Å². The Bertz CT molecular complexity index is 865. The minimum Gasteiger partial charge on any atom is -0.451 e. The fourth-order valence-corrected chi connectivity index (χ4v) is 2.93. The predicted molar refractivity (Wildman–Crippen MR) is 95.1 cm³/mol. The summed E-state index contributed by atoms with van der Waals surface area (Å²) in [4.78, 5) is 13.9. The summed E-state index contributed by atoms with van der Waals surface area (Å²) in [7, 11) is 4.24. The van der Waals surface area contributed by atoms with E-state index in [0.29, 0.717) is 12.3 Å². The van der Waals surface area contributed by atoms with Gasteiger partial charge >= 0.3 is 0 Å². The third-order valence-electron chi connectivity index (χ3n) is 4.15. The molecule has 0 saturated heterocycles. The molecule has 1 heterocycles. The van der Waals surface area contributed by atoms with E-state index in [4.69, 9.17) is 4.42 Å². The lowest BCUT2D eigenvalue weighted by atomic mass is 10.1. The number of quaternary nitrogens is 1. The van der Waals surface area contributed by atoms with Crippen LogP contribution in [0.5, 0.6) is 0 Å². The van der Waals surface area contributed by atoms with Gasteiger partial charge in [-0.15, -0.1) is 0 Å². The normalized spacial score (nSPS) is 11.2. The second-order valence-electron chi connectivity index (χ2n) is 6.39. The molecule has 3 rings (SSSR count). The average molecular weight is 323 g/mol. The van der Waals surface area contributed by atoms with Crippen molar-refractivity contribution in [3.8, 4) is 0 Å². The second-order valence-corrected chi connectivity index (χ2v) is 6.39. The van der Waals surface area contributed by atoms with Gasteiger partial charge in [0, 0.05) is 23.1 Å². The molecule has 0 aliphatic carbocycles. The number of benzene rings is 2. The van der Waals surface area contributed by atoms with E-state index in [1.165, 1.54) is 10.5 Å². The van der Waals surface area contributed by atoms with E-state index in [2.05, 4.69) is 31.5 Å². The summed E-state index contributed by atoms with van der Waals surface area (Å²) in [5.41, 5.74) is 4.02. The van der Waals surface area contributed by atoms with Gasteiger partial charge in [-0.2, -0.15) is 0 Å². The Morgan fingerprint density at radius 2 is 1.71 bits per heavy atom. The molecule has 0 spiro atoms. The molecule has 1 amide bonds. The number of hydrogen-bond donors (Lipinski definition) is 2. The zero-order chi connectivity index (χ0) is 17.1. The summed E-state index contributed by atoms with van der Waals surface area (Å²) in [6.45, 7) is 3.35. The smallest absolute Gasteiger partial charge is 0.287 e. The van der Waals surface area contributed by atoms with Crippen LogP contribution in [0.3, 0.4) is 0 Å². The number of nitrogens with one attached hydrogen (secondary N) is 2. The molecule has 0 aliphatic rings. The van der Waals surface area contributed by atoms with Crippen molar-refractivity contribution in [3.05, 3.63) is 71.0 Å². The van der Waals surface area contributed by atoms with Crippen LogP contribution in [0.4, 0.5) is 0 Å². The van der Waals surface area contributed by atoms with Crippen LogP contribution >= 0.6 is 0 Å². The Labute approximate surface area is 142 Å². The van der Waals surface area contributed by atoms with Gasteiger partial charge in [-0.3, -0.25) is 4.79 Å². The standard InChI is InChI=1S/C20H22N2O2/c1-14-17-10-6-7-11-18(17)24-19(14)20(23)21-12-15-8-4-5-9-16(15)13-22(2)3/h4-11H,12-13H2,1-3H3,(H,21,23)/p+1. The van der Waals surface area contributed by atoms with Gasteiger partial charge in [0.05, 0.1) is 14.1 Å². The van der Waals surface area contributed by atoms with E-state index in [1.807, 2.05) is 43.3 Å². The van der Waals surface area contributed by atoms with Gasteiger partial charge in [0.25, 0.3) is 5.91 Å². The monoisotopic (exact) mass is 323 g/mol. The molecule has 0 atom stereocenters. The lowest BCUT2D eigenvalue weighted by Crippen LogP contribution is -3.04. The fourth-order valence-electron chi connectivity index (χ4n) is 2.93. The number of amides is 1. The zero-order valence-corrected chi connectivity index (χ0v) is 14.3. The number of fused-ring (bicyclic) bond motifs is 1. The molecule has 0 fully saturated rings. The first-order valence-corrected chi connectivity index (χ1v) is 8.18. The number of aryl methyl sites for hydroxylation is 1. The molecule has 2 aromatic carbocycles. The Morgan fingerprint density at radius 1 is 1.04 bits per heavy atom. The number of carbonyl (C=O) groups excluding carboxylic acids is 1. The Morgan fingerprint density at radius 3 is 2.42 bits per heavy atom. The van der Waals surface area contributed by atoms with E-state index in [1.54, 1.807) is 0 Å². The Balaban J connectivity index is 1.77. The molecule has 24 heavy (non-hydrogen) atoms. The first-order valence-electron chi connectivity index (χ1n) is 8.18. The van der Waals surface area contributed by atoms with Gasteiger partial charge in [-0.25, -0.2) is 0 Å². The van der Waals surface area contributed by atoms with Gasteiger partial charge in [0.1, 0.15) is 12.1 Å². The summed E-state index contributed by atoms with van der Waals surface area (Å²) in [5, 5.41) is 3.97. The van der Waals surface area contributed by atoms with Crippen LogP contribution in [0.15, 0.2) is 52.9 Å². The van der Waals surface area contributed by atoms with Gasteiger partial charge in [-0.1, -0.05) is 42.5 Å². The zero-order valence-electron chi connectivity index (χ0n) is 14.3. The van der Waals surface area contributed by atoms with Crippen LogP contribution in [0, 0.1) is 6.92 Å². The van der Waals surface area contributed by atoms with Crippen LogP contribution in [0.2, 0.25) is 0 Å². The molecule has 0 radical (unpaired) electrons. The first-order chi connectivity index (χ1) is 11.6. The number of rotatable bonds is 5. The molecule has 4 heteroatoms. The van der Waals surface area contributed by atoms with Gasteiger partial charge in [0.15, 0.2) is 5.76 Å². The molecule has 124 valence electrons. The maximum absolute atomic E-state index is 12.5. The molecule has 4 nitrogen and oxygen atoms in total. The molecular formula is C20H23N2O2+. The van der Waals surface area contributed by atoms with Crippen LogP contribution in [-0.4, -0.2) is 20.0 Å². The average Bonchev–Trinajstić information content (AvgIpc) is 2.91. The van der Waals surface area contributed by atoms with Crippen molar-refractivity contribution in [3.63, 3.8) is 0 Å². The molecule has 0 unspecified atom stereocenters. The molecule has 2 N–H and O–H groups in total. The van der Waals surface area contributed by atoms with E-state index < -0.39 is 0 Å². The molecule has 1 aromatic heterocycles. The highest BCUT2D eigenvalue weighted by Gasteiger charge is 2.17. The number of carbonyl (C=O) groups is 1. The SMILES string of the molecule is Cc1c(C(=O)NCc2ccccc2C[NH+](C)C)oc2ccccc12. The third kappa shape index (κ3) is 3.34. The van der Waals surface area contributed by atoms with E-state index in [0.717, 1.165) is 28.6 Å². The maximum atomic E-state index is 12.5. The number of furan rings is 1. The quantitative estimate of drug-likeness (QED) is 0.757. The van der Waals surface area contributed by atoms with Crippen molar-refractivity contribution in [1.82, 2.24) is 5.32 Å². The lowest BCUT2D eigenvalue weighted by Gasteiger charge is -2.12. The second kappa shape index (κ2) is 6.89. The van der Waals surface area contributed by atoms with E-state index in [9.17, 15) is 4.79 Å². The Kier molecular flexibility index (Phi) is 4.67. The molecule has 0 bridgehead atoms. The van der Waals surface area contributed by atoms with Crippen molar-refractivity contribution in [1.29, 1.82) is 0 Å². The molecule has 0 aliphatic heterocycles. The summed E-state index contributed by atoms with van der Waals surface area (Å²) in [5.74, 6) is 0.225. The van der Waals surface area contributed by atoms with Crippen LogP contribution in [0.25, 0.3) is 11.0 Å². The Hall–Kier alpha value is -2.59. The van der Waals surface area contributed by atoms with Crippen molar-refractivity contribution in [2.24, 2.45) is 0 Å². The predicted octanol–water partition coefficient (Wildman–Crippen LogP) is 2.32. The summed E-state index contributed by atoms with van der Waals surface area (Å²) in [6, 6.07) is 15.9. The first kappa shape index (κ1) is 16.3. The van der Waals surface area contributed by atoms with Crippen LogP contribution in [-0.2, 0) is 13.1 Å². The van der Waals surface area contributed by atoms with Crippen molar-refractivity contribution < 1.29 is 14.1 Å². The number of para-hydroxylation sites is 1. The van der Waals surface area contributed by atoms with E-state index in [-0.39, 0.29) is 5.91 Å².